The molecule has 3 aromatic rings. The minimum Gasteiger partial charge on any atom is -0.468 e. The monoisotopic (exact) mass is 344 g/mol. The average molecular weight is 345 g/mol. The molecule has 24 heavy (non-hydrogen) atoms. The summed E-state index contributed by atoms with van der Waals surface area (Å²) in [6.45, 7) is 1.41. The predicted molar refractivity (Wildman–Crippen MR) is 96.0 cm³/mol. The van der Waals surface area contributed by atoms with Crippen molar-refractivity contribution >= 4 is 11.6 Å². The number of hydrogen-bond donors (Lipinski definition) is 1. The fourth-order valence-corrected chi connectivity index (χ4v) is 2.86. The Kier molecular flexibility index (Phi) is 5.41. The lowest BCUT2D eigenvalue weighted by molar-refractivity contribution is 0.248. The van der Waals surface area contributed by atoms with E-state index in [1.165, 1.54) is 0 Å². The Balaban J connectivity index is 1.60. The lowest BCUT2D eigenvalue weighted by Gasteiger charge is -2.22. The molecule has 0 aliphatic rings. The van der Waals surface area contributed by atoms with Gasteiger partial charge in [0.2, 0.25) is 0 Å². The summed E-state index contributed by atoms with van der Waals surface area (Å²) in [4.78, 5) is 2.13. The number of likely N-dealkylation sites (N-methyl/N-ethyl adjacent to an activating group) is 1. The summed E-state index contributed by atoms with van der Waals surface area (Å²) in [7, 11) is 4.08. The van der Waals surface area contributed by atoms with Crippen molar-refractivity contribution in [3.05, 3.63) is 71.3 Å². The van der Waals surface area contributed by atoms with Gasteiger partial charge in [0, 0.05) is 12.1 Å². The Labute approximate surface area is 147 Å². The van der Waals surface area contributed by atoms with E-state index >= 15 is 0 Å². The van der Waals surface area contributed by atoms with E-state index in [1.54, 1.807) is 6.26 Å². The first-order valence-corrected chi connectivity index (χ1v) is 8.27. The van der Waals surface area contributed by atoms with Crippen molar-refractivity contribution in [3.63, 3.8) is 0 Å². The van der Waals surface area contributed by atoms with E-state index in [0.29, 0.717) is 11.6 Å². The molecular formula is C19H21ClN2O2. The van der Waals surface area contributed by atoms with Crippen LogP contribution in [0.5, 0.6) is 0 Å². The second-order valence-electron chi connectivity index (χ2n) is 5.87. The van der Waals surface area contributed by atoms with E-state index in [4.69, 9.17) is 20.4 Å². The quantitative estimate of drug-likeness (QED) is 0.681. The smallest absolute Gasteiger partial charge is 0.135 e. The lowest BCUT2D eigenvalue weighted by atomic mass is 10.2. The maximum atomic E-state index is 6.21. The van der Waals surface area contributed by atoms with Crippen molar-refractivity contribution in [1.82, 2.24) is 10.2 Å². The Hall–Kier alpha value is -2.01. The molecule has 0 radical (unpaired) electrons. The lowest BCUT2D eigenvalue weighted by Crippen LogP contribution is -2.30. The third-order valence-corrected chi connectivity index (χ3v) is 4.26. The van der Waals surface area contributed by atoms with Crippen LogP contribution in [0, 0.1) is 0 Å². The maximum absolute atomic E-state index is 6.21. The van der Waals surface area contributed by atoms with Gasteiger partial charge in [0.15, 0.2) is 0 Å². The van der Waals surface area contributed by atoms with E-state index in [0.717, 1.165) is 29.4 Å². The molecule has 0 saturated carbocycles. The van der Waals surface area contributed by atoms with Crippen LogP contribution in [0.1, 0.15) is 17.6 Å². The largest absolute Gasteiger partial charge is 0.468 e. The van der Waals surface area contributed by atoms with Crippen molar-refractivity contribution in [2.75, 3.05) is 20.6 Å². The molecule has 0 spiro atoms. The number of hydrogen-bond acceptors (Lipinski definition) is 4. The Morgan fingerprint density at radius 2 is 1.92 bits per heavy atom. The minimum atomic E-state index is 0.179. The van der Waals surface area contributed by atoms with Gasteiger partial charge in [-0.1, -0.05) is 23.7 Å². The molecule has 0 bridgehead atoms. The Morgan fingerprint density at radius 3 is 2.62 bits per heavy atom. The molecule has 126 valence electrons. The number of furan rings is 2. The van der Waals surface area contributed by atoms with Gasteiger partial charge < -0.3 is 14.2 Å². The van der Waals surface area contributed by atoms with Gasteiger partial charge in [0.25, 0.3) is 0 Å². The molecule has 2 aromatic heterocycles. The van der Waals surface area contributed by atoms with Crippen molar-refractivity contribution < 1.29 is 8.83 Å². The first-order chi connectivity index (χ1) is 11.6. The number of halogens is 1. The van der Waals surface area contributed by atoms with E-state index in [9.17, 15) is 0 Å². The van der Waals surface area contributed by atoms with Gasteiger partial charge in [-0.15, -0.1) is 0 Å². The summed E-state index contributed by atoms with van der Waals surface area (Å²) in [5.74, 6) is 2.61. The minimum absolute atomic E-state index is 0.179. The van der Waals surface area contributed by atoms with Crippen LogP contribution in [0.3, 0.4) is 0 Å². The summed E-state index contributed by atoms with van der Waals surface area (Å²) < 4.78 is 11.4. The summed E-state index contributed by atoms with van der Waals surface area (Å²) in [6.07, 6.45) is 1.70. The van der Waals surface area contributed by atoms with E-state index in [1.807, 2.05) is 62.6 Å². The summed E-state index contributed by atoms with van der Waals surface area (Å²) in [5, 5.41) is 4.11. The first kappa shape index (κ1) is 16.8. The van der Waals surface area contributed by atoms with Crippen LogP contribution in [0.4, 0.5) is 0 Å². The highest BCUT2D eigenvalue weighted by Crippen LogP contribution is 2.29. The molecule has 0 saturated heterocycles. The fraction of sp³-hybridized carbons (Fsp3) is 0.263. The molecule has 1 atom stereocenters. The zero-order valence-electron chi connectivity index (χ0n) is 13.8. The molecule has 1 N–H and O–H groups in total. The highest BCUT2D eigenvalue weighted by molar-refractivity contribution is 6.33. The van der Waals surface area contributed by atoms with Gasteiger partial charge in [-0.3, -0.25) is 4.90 Å². The third kappa shape index (κ3) is 3.90. The number of rotatable bonds is 7. The Bertz CT molecular complexity index is 765. The van der Waals surface area contributed by atoms with Crippen LogP contribution >= 0.6 is 11.6 Å². The number of benzene rings is 1. The van der Waals surface area contributed by atoms with Crippen molar-refractivity contribution in [2.45, 2.75) is 12.6 Å². The molecule has 0 amide bonds. The predicted octanol–water partition coefficient (Wildman–Crippen LogP) is 4.59. The van der Waals surface area contributed by atoms with Crippen LogP contribution in [0.2, 0.25) is 5.02 Å². The molecule has 5 heteroatoms. The average Bonchev–Trinajstić information content (AvgIpc) is 3.23. The van der Waals surface area contributed by atoms with Crippen LogP contribution < -0.4 is 5.32 Å². The highest BCUT2D eigenvalue weighted by atomic mass is 35.5. The zero-order valence-corrected chi connectivity index (χ0v) is 14.6. The maximum Gasteiger partial charge on any atom is 0.135 e. The second kappa shape index (κ2) is 7.71. The van der Waals surface area contributed by atoms with E-state index in [2.05, 4.69) is 10.2 Å². The fourth-order valence-electron chi connectivity index (χ4n) is 2.63. The van der Waals surface area contributed by atoms with Gasteiger partial charge in [-0.05, 0) is 50.5 Å². The van der Waals surface area contributed by atoms with Crippen LogP contribution in [-0.4, -0.2) is 25.5 Å². The molecule has 0 aliphatic carbocycles. The molecule has 4 nitrogen and oxygen atoms in total. The highest BCUT2D eigenvalue weighted by Gasteiger charge is 2.16. The molecule has 0 aliphatic heterocycles. The van der Waals surface area contributed by atoms with Crippen molar-refractivity contribution in [3.8, 4) is 11.3 Å². The molecule has 1 aromatic carbocycles. The zero-order chi connectivity index (χ0) is 16.9. The standard InChI is InChI=1S/C19H21ClN2O2/c1-22(2)17(19-8-5-11-23-19)13-21-12-14-9-10-18(24-14)15-6-3-4-7-16(15)20/h3-11,17,21H,12-13H2,1-2H3/t17-/m1/s1. The van der Waals surface area contributed by atoms with Crippen molar-refractivity contribution in [2.24, 2.45) is 0 Å². The topological polar surface area (TPSA) is 41.5 Å². The van der Waals surface area contributed by atoms with Crippen LogP contribution in [0.15, 0.2) is 63.6 Å². The SMILES string of the molecule is CN(C)[C@H](CNCc1ccc(-c2ccccc2Cl)o1)c1ccco1. The van der Waals surface area contributed by atoms with Crippen LogP contribution in [-0.2, 0) is 6.54 Å². The summed E-state index contributed by atoms with van der Waals surface area (Å²) >= 11 is 6.21. The second-order valence-corrected chi connectivity index (χ2v) is 6.28. The van der Waals surface area contributed by atoms with Gasteiger partial charge in [-0.25, -0.2) is 0 Å². The van der Waals surface area contributed by atoms with Crippen LogP contribution in [0.25, 0.3) is 11.3 Å². The normalized spacial score (nSPS) is 12.7. The van der Waals surface area contributed by atoms with Gasteiger partial charge >= 0.3 is 0 Å². The van der Waals surface area contributed by atoms with Gasteiger partial charge in [0.1, 0.15) is 17.3 Å². The number of nitrogens with one attached hydrogen (secondary N) is 1. The van der Waals surface area contributed by atoms with Crippen molar-refractivity contribution in [1.29, 1.82) is 0 Å². The first-order valence-electron chi connectivity index (χ1n) is 7.89. The molecule has 3 rings (SSSR count). The summed E-state index contributed by atoms with van der Waals surface area (Å²) in [5.41, 5.74) is 0.909. The van der Waals surface area contributed by atoms with E-state index in [-0.39, 0.29) is 6.04 Å². The number of nitrogens with zero attached hydrogens (tertiary/aromatic N) is 1. The van der Waals surface area contributed by atoms with E-state index < -0.39 is 0 Å². The van der Waals surface area contributed by atoms with Gasteiger partial charge in [0.05, 0.1) is 23.9 Å². The van der Waals surface area contributed by atoms with Gasteiger partial charge in [-0.2, -0.15) is 0 Å². The third-order valence-electron chi connectivity index (χ3n) is 3.93. The molecular weight excluding hydrogens is 324 g/mol. The Morgan fingerprint density at radius 1 is 1.08 bits per heavy atom. The molecule has 0 fully saturated rings. The summed E-state index contributed by atoms with van der Waals surface area (Å²) in [6, 6.07) is 15.7. The molecule has 0 unspecified atom stereocenters. The molecule has 2 heterocycles.